The third-order valence-corrected chi connectivity index (χ3v) is 3.20. The van der Waals surface area contributed by atoms with Gasteiger partial charge in [0.1, 0.15) is 6.54 Å². The van der Waals surface area contributed by atoms with Gasteiger partial charge in [-0.2, -0.15) is 13.2 Å². The van der Waals surface area contributed by atoms with E-state index in [1.807, 2.05) is 26.0 Å². The molecule has 0 saturated heterocycles. The zero-order valence-corrected chi connectivity index (χ0v) is 12.1. The van der Waals surface area contributed by atoms with Crippen LogP contribution in [0.15, 0.2) is 24.3 Å². The number of anilines is 1. The van der Waals surface area contributed by atoms with Crippen LogP contribution < -0.4 is 10.6 Å². The van der Waals surface area contributed by atoms with E-state index >= 15 is 0 Å². The summed E-state index contributed by atoms with van der Waals surface area (Å²) in [5.74, 6) is 0. The van der Waals surface area contributed by atoms with Gasteiger partial charge >= 0.3 is 6.18 Å². The van der Waals surface area contributed by atoms with E-state index in [9.17, 15) is 13.2 Å². The Balaban J connectivity index is 3.00. The van der Waals surface area contributed by atoms with Gasteiger partial charge in [0.2, 0.25) is 0 Å². The van der Waals surface area contributed by atoms with E-state index in [4.69, 9.17) is 5.73 Å². The first-order valence-corrected chi connectivity index (χ1v) is 7.02. The second-order valence-electron chi connectivity index (χ2n) is 5.04. The van der Waals surface area contributed by atoms with Gasteiger partial charge < -0.3 is 10.6 Å². The summed E-state index contributed by atoms with van der Waals surface area (Å²) < 4.78 is 38.1. The Bertz CT molecular complexity index is 404. The smallest absolute Gasteiger partial charge is 0.362 e. The van der Waals surface area contributed by atoms with Crippen LogP contribution in [-0.4, -0.2) is 25.3 Å². The summed E-state index contributed by atoms with van der Waals surface area (Å²) >= 11 is 0. The monoisotopic (exact) mass is 288 g/mol. The fraction of sp³-hybridized carbons (Fsp3) is 0.600. The molecule has 0 fully saturated rings. The third-order valence-electron chi connectivity index (χ3n) is 3.20. The van der Waals surface area contributed by atoms with Crippen molar-refractivity contribution in [3.63, 3.8) is 0 Å². The van der Waals surface area contributed by atoms with E-state index in [1.165, 1.54) is 4.90 Å². The van der Waals surface area contributed by atoms with Crippen LogP contribution in [-0.2, 0) is 6.42 Å². The largest absolute Gasteiger partial charge is 0.405 e. The van der Waals surface area contributed by atoms with Gasteiger partial charge in [-0.25, -0.2) is 0 Å². The van der Waals surface area contributed by atoms with Crippen molar-refractivity contribution < 1.29 is 13.2 Å². The van der Waals surface area contributed by atoms with Gasteiger partial charge in [-0.1, -0.05) is 32.0 Å². The normalized spacial score (nSPS) is 13.3. The lowest BCUT2D eigenvalue weighted by atomic mass is 10.0. The van der Waals surface area contributed by atoms with E-state index in [-0.39, 0.29) is 6.04 Å². The first-order valence-electron chi connectivity index (χ1n) is 7.02. The molecule has 0 saturated carbocycles. The van der Waals surface area contributed by atoms with Crippen molar-refractivity contribution >= 4 is 5.69 Å². The average molecular weight is 288 g/mol. The maximum atomic E-state index is 12.7. The van der Waals surface area contributed by atoms with E-state index in [2.05, 4.69) is 0 Å². The topological polar surface area (TPSA) is 29.3 Å². The molecule has 114 valence electrons. The van der Waals surface area contributed by atoms with Crippen LogP contribution in [0.5, 0.6) is 0 Å². The number of halogens is 3. The zero-order chi connectivity index (χ0) is 15.2. The second-order valence-corrected chi connectivity index (χ2v) is 5.04. The Labute approximate surface area is 118 Å². The Kier molecular flexibility index (Phi) is 6.33. The molecule has 5 heteroatoms. The van der Waals surface area contributed by atoms with Gasteiger partial charge in [-0.05, 0) is 30.9 Å². The quantitative estimate of drug-likeness (QED) is 0.828. The second kappa shape index (κ2) is 7.53. The highest BCUT2D eigenvalue weighted by atomic mass is 19.4. The van der Waals surface area contributed by atoms with E-state index in [0.717, 1.165) is 12.0 Å². The summed E-state index contributed by atoms with van der Waals surface area (Å²) in [4.78, 5) is 1.40. The van der Waals surface area contributed by atoms with Crippen molar-refractivity contribution in [1.82, 2.24) is 0 Å². The zero-order valence-electron chi connectivity index (χ0n) is 12.1. The predicted molar refractivity (Wildman–Crippen MR) is 77.0 cm³/mol. The lowest BCUT2D eigenvalue weighted by molar-refractivity contribution is -0.119. The molecule has 1 atom stereocenters. The van der Waals surface area contributed by atoms with E-state index in [1.54, 1.807) is 12.1 Å². The summed E-state index contributed by atoms with van der Waals surface area (Å²) in [5, 5.41) is 0. The number of hydrogen-bond acceptors (Lipinski definition) is 2. The first kappa shape index (κ1) is 16.8. The summed E-state index contributed by atoms with van der Waals surface area (Å²) in [7, 11) is 0. The van der Waals surface area contributed by atoms with Crippen LogP contribution >= 0.6 is 0 Å². The van der Waals surface area contributed by atoms with Gasteiger partial charge in [-0.15, -0.1) is 0 Å². The number of nitrogens with zero attached hydrogens (tertiary/aromatic N) is 1. The fourth-order valence-corrected chi connectivity index (χ4v) is 2.19. The molecule has 0 spiro atoms. The summed E-state index contributed by atoms with van der Waals surface area (Å²) in [5.41, 5.74) is 7.47. The number of nitrogens with two attached hydrogens (primary N) is 1. The molecule has 1 aromatic rings. The highest BCUT2D eigenvalue weighted by Gasteiger charge is 2.31. The number of hydrogen-bond donors (Lipinski definition) is 1. The minimum atomic E-state index is -4.20. The summed E-state index contributed by atoms with van der Waals surface area (Å²) in [6.07, 6.45) is -2.12. The van der Waals surface area contributed by atoms with Gasteiger partial charge in [-0.3, -0.25) is 0 Å². The molecule has 2 N–H and O–H groups in total. The van der Waals surface area contributed by atoms with Crippen LogP contribution in [0.25, 0.3) is 0 Å². The van der Waals surface area contributed by atoms with Crippen molar-refractivity contribution in [3.8, 4) is 0 Å². The van der Waals surface area contributed by atoms with Gasteiger partial charge in [0.25, 0.3) is 0 Å². The predicted octanol–water partition coefficient (Wildman–Crippen LogP) is 3.75. The van der Waals surface area contributed by atoms with Gasteiger partial charge in [0.15, 0.2) is 0 Å². The molecular weight excluding hydrogens is 265 g/mol. The van der Waals surface area contributed by atoms with Crippen LogP contribution in [0.3, 0.4) is 0 Å². The molecular formula is C15H23F3N2. The average Bonchev–Trinajstić information content (AvgIpc) is 2.37. The number of para-hydroxylation sites is 1. The van der Waals surface area contributed by atoms with Crippen molar-refractivity contribution in [3.05, 3.63) is 29.8 Å². The molecule has 0 aliphatic heterocycles. The third kappa shape index (κ3) is 5.41. The highest BCUT2D eigenvalue weighted by Crippen LogP contribution is 2.26. The van der Waals surface area contributed by atoms with Gasteiger partial charge in [0, 0.05) is 18.3 Å². The lowest BCUT2D eigenvalue weighted by Crippen LogP contribution is -2.36. The molecule has 0 aromatic heterocycles. The molecule has 0 aliphatic rings. The lowest BCUT2D eigenvalue weighted by Gasteiger charge is -2.28. The number of benzene rings is 1. The minimum absolute atomic E-state index is 0.0227. The maximum absolute atomic E-state index is 12.7. The standard InChI is InChI=1S/C15H23F3N2/c1-3-9-20(11-15(16,17)18)14-8-6-5-7-12(14)10-13(19)4-2/h5-8,13H,3-4,9-11,19H2,1-2H3. The Morgan fingerprint density at radius 3 is 2.40 bits per heavy atom. The van der Waals surface area contributed by atoms with Gasteiger partial charge in [0.05, 0.1) is 0 Å². The summed E-state index contributed by atoms with van der Waals surface area (Å²) in [6.45, 7) is 3.33. The Morgan fingerprint density at radius 2 is 1.85 bits per heavy atom. The van der Waals surface area contributed by atoms with Crippen LogP contribution in [0.4, 0.5) is 18.9 Å². The highest BCUT2D eigenvalue weighted by molar-refractivity contribution is 5.54. The maximum Gasteiger partial charge on any atom is 0.405 e. The SMILES string of the molecule is CCCN(CC(F)(F)F)c1ccccc1CC(N)CC. The fourth-order valence-electron chi connectivity index (χ4n) is 2.19. The van der Waals surface area contributed by atoms with E-state index in [0.29, 0.717) is 25.1 Å². The number of rotatable bonds is 7. The minimum Gasteiger partial charge on any atom is -0.362 e. The van der Waals surface area contributed by atoms with Crippen molar-refractivity contribution in [2.24, 2.45) is 5.73 Å². The molecule has 2 nitrogen and oxygen atoms in total. The Morgan fingerprint density at radius 1 is 1.20 bits per heavy atom. The Hall–Kier alpha value is -1.23. The molecule has 1 aromatic carbocycles. The van der Waals surface area contributed by atoms with E-state index < -0.39 is 12.7 Å². The van der Waals surface area contributed by atoms with Crippen LogP contribution in [0, 0.1) is 0 Å². The van der Waals surface area contributed by atoms with Crippen LogP contribution in [0.1, 0.15) is 32.3 Å². The molecule has 0 aliphatic carbocycles. The first-order chi connectivity index (χ1) is 9.37. The molecule has 1 rings (SSSR count). The molecule has 1 unspecified atom stereocenters. The van der Waals surface area contributed by atoms with Crippen molar-refractivity contribution in [1.29, 1.82) is 0 Å². The molecule has 0 bridgehead atoms. The number of alkyl halides is 3. The molecule has 0 heterocycles. The molecule has 20 heavy (non-hydrogen) atoms. The van der Waals surface area contributed by atoms with Crippen molar-refractivity contribution in [2.75, 3.05) is 18.0 Å². The molecule has 0 radical (unpaired) electrons. The summed E-state index contributed by atoms with van der Waals surface area (Å²) in [6, 6.07) is 7.21. The van der Waals surface area contributed by atoms with Crippen molar-refractivity contribution in [2.45, 2.75) is 45.3 Å². The van der Waals surface area contributed by atoms with Crippen LogP contribution in [0.2, 0.25) is 0 Å². The molecule has 0 amide bonds.